The molecular formula is C16H11F6N3O3. The third-order valence-electron chi connectivity index (χ3n) is 3.85. The molecule has 1 unspecified atom stereocenters. The maximum atomic E-state index is 13.1. The summed E-state index contributed by atoms with van der Waals surface area (Å²) in [6.07, 6.45) is -10.8. The number of alkyl halides is 6. The number of amides is 1. The molecule has 1 aliphatic rings. The van der Waals surface area contributed by atoms with Crippen molar-refractivity contribution < 1.29 is 40.7 Å². The summed E-state index contributed by atoms with van der Waals surface area (Å²) in [5, 5.41) is 5.42. The largest absolute Gasteiger partial charge is 0.452 e. The van der Waals surface area contributed by atoms with Crippen LogP contribution in [0.1, 0.15) is 24.2 Å². The molecule has 0 radical (unpaired) electrons. The lowest BCUT2D eigenvalue weighted by Gasteiger charge is -2.12. The average molecular weight is 407 g/mol. The maximum Gasteiger partial charge on any atom is 0.435 e. The van der Waals surface area contributed by atoms with Gasteiger partial charge < -0.3 is 10.1 Å². The van der Waals surface area contributed by atoms with Gasteiger partial charge in [0.25, 0.3) is 5.91 Å². The van der Waals surface area contributed by atoms with Crippen molar-refractivity contribution in [2.45, 2.75) is 31.3 Å². The summed E-state index contributed by atoms with van der Waals surface area (Å²) in [5.74, 6) is -1.14. The standard InChI is InChI=1S/C16H11F6N3O3/c17-15(18,19)11-7-12(16(20,21)22)25(24-11)9-3-1-8(2-4-9)23-14(27)10-5-6-13(26)28-10/h1-4,7,10H,5-6H2,(H,23,27). The second-order valence-corrected chi connectivity index (χ2v) is 5.88. The van der Waals surface area contributed by atoms with Gasteiger partial charge in [-0.25, -0.2) is 4.68 Å². The number of hydrogen-bond donors (Lipinski definition) is 1. The molecule has 3 rings (SSSR count). The highest BCUT2D eigenvalue weighted by Gasteiger charge is 2.42. The van der Waals surface area contributed by atoms with Gasteiger partial charge in [-0.2, -0.15) is 31.4 Å². The van der Waals surface area contributed by atoms with Crippen LogP contribution in [-0.2, 0) is 26.7 Å². The molecule has 150 valence electrons. The molecule has 1 aromatic heterocycles. The van der Waals surface area contributed by atoms with Crippen LogP contribution in [0.4, 0.5) is 32.0 Å². The molecule has 1 atom stereocenters. The number of ether oxygens (including phenoxy) is 1. The predicted molar refractivity (Wildman–Crippen MR) is 81.3 cm³/mol. The van der Waals surface area contributed by atoms with E-state index in [1.807, 2.05) is 0 Å². The van der Waals surface area contributed by atoms with E-state index in [1.54, 1.807) is 0 Å². The number of anilines is 1. The van der Waals surface area contributed by atoms with Gasteiger partial charge >= 0.3 is 18.3 Å². The summed E-state index contributed by atoms with van der Waals surface area (Å²) in [5.41, 5.74) is -3.39. The van der Waals surface area contributed by atoms with Crippen LogP contribution in [-0.4, -0.2) is 27.8 Å². The van der Waals surface area contributed by atoms with Crippen LogP contribution < -0.4 is 5.32 Å². The van der Waals surface area contributed by atoms with Crippen molar-refractivity contribution in [1.82, 2.24) is 9.78 Å². The Morgan fingerprint density at radius 2 is 1.75 bits per heavy atom. The van der Waals surface area contributed by atoms with Gasteiger partial charge in [0.15, 0.2) is 11.8 Å². The third kappa shape index (κ3) is 4.10. The summed E-state index contributed by atoms with van der Waals surface area (Å²) in [4.78, 5) is 22.9. The number of halogens is 6. The summed E-state index contributed by atoms with van der Waals surface area (Å²) >= 11 is 0. The Bertz CT molecular complexity index is 902. The van der Waals surface area contributed by atoms with Gasteiger partial charge in [-0.05, 0) is 24.3 Å². The molecular weight excluding hydrogens is 396 g/mol. The Morgan fingerprint density at radius 1 is 1.11 bits per heavy atom. The van der Waals surface area contributed by atoms with E-state index in [9.17, 15) is 35.9 Å². The first-order chi connectivity index (χ1) is 12.9. The second-order valence-electron chi connectivity index (χ2n) is 5.88. The van der Waals surface area contributed by atoms with E-state index in [0.29, 0.717) is 0 Å². The van der Waals surface area contributed by atoms with Crippen LogP contribution in [0, 0.1) is 0 Å². The van der Waals surface area contributed by atoms with Crippen LogP contribution in [0.3, 0.4) is 0 Å². The van der Waals surface area contributed by atoms with Gasteiger partial charge in [0.1, 0.15) is 5.69 Å². The van der Waals surface area contributed by atoms with Crippen molar-refractivity contribution in [2.75, 3.05) is 5.32 Å². The van der Waals surface area contributed by atoms with E-state index in [2.05, 4.69) is 10.4 Å². The Kier molecular flexibility index (Phi) is 4.81. The van der Waals surface area contributed by atoms with Crippen LogP contribution in [0.25, 0.3) is 5.69 Å². The van der Waals surface area contributed by atoms with Crippen molar-refractivity contribution in [3.8, 4) is 5.69 Å². The minimum atomic E-state index is -5.06. The van der Waals surface area contributed by atoms with Crippen LogP contribution in [0.5, 0.6) is 0 Å². The number of nitrogens with zero attached hydrogens (tertiary/aromatic N) is 2. The van der Waals surface area contributed by atoms with E-state index in [0.717, 1.165) is 12.1 Å². The number of cyclic esters (lactones) is 1. The molecule has 1 saturated heterocycles. The molecule has 6 nitrogen and oxygen atoms in total. The highest BCUT2D eigenvalue weighted by molar-refractivity contribution is 5.96. The van der Waals surface area contributed by atoms with E-state index in [1.165, 1.54) is 12.1 Å². The fourth-order valence-corrected chi connectivity index (χ4v) is 2.54. The number of esters is 1. The molecule has 0 bridgehead atoms. The first-order valence-electron chi connectivity index (χ1n) is 7.80. The van der Waals surface area contributed by atoms with Crippen LogP contribution in [0.15, 0.2) is 30.3 Å². The van der Waals surface area contributed by atoms with Gasteiger partial charge in [0.2, 0.25) is 0 Å². The molecule has 1 aliphatic heterocycles. The van der Waals surface area contributed by atoms with E-state index >= 15 is 0 Å². The van der Waals surface area contributed by atoms with Gasteiger partial charge in [0.05, 0.1) is 5.69 Å². The van der Waals surface area contributed by atoms with Crippen molar-refractivity contribution in [3.05, 3.63) is 41.7 Å². The molecule has 2 heterocycles. The van der Waals surface area contributed by atoms with Crippen molar-refractivity contribution in [1.29, 1.82) is 0 Å². The highest BCUT2D eigenvalue weighted by Crippen LogP contribution is 2.36. The first-order valence-corrected chi connectivity index (χ1v) is 7.80. The summed E-state index contributed by atoms with van der Waals surface area (Å²) in [7, 11) is 0. The van der Waals surface area contributed by atoms with E-state index < -0.39 is 41.7 Å². The summed E-state index contributed by atoms with van der Waals surface area (Å²) < 4.78 is 82.3. The fraction of sp³-hybridized carbons (Fsp3) is 0.312. The number of aromatic nitrogens is 2. The van der Waals surface area contributed by atoms with Gasteiger partial charge in [0, 0.05) is 24.6 Å². The van der Waals surface area contributed by atoms with Crippen molar-refractivity contribution in [2.24, 2.45) is 0 Å². The minimum Gasteiger partial charge on any atom is -0.452 e. The molecule has 0 aliphatic carbocycles. The SMILES string of the molecule is O=C1CCC(C(=O)Nc2ccc(-n3nc(C(F)(F)F)cc3C(F)(F)F)cc2)O1. The number of hydrogen-bond acceptors (Lipinski definition) is 4. The third-order valence-corrected chi connectivity index (χ3v) is 3.85. The Morgan fingerprint density at radius 3 is 2.25 bits per heavy atom. The molecule has 28 heavy (non-hydrogen) atoms. The number of carbonyl (C=O) groups excluding carboxylic acids is 2. The first kappa shape index (κ1) is 19.7. The van der Waals surface area contributed by atoms with Gasteiger partial charge in [-0.1, -0.05) is 0 Å². The highest BCUT2D eigenvalue weighted by atomic mass is 19.4. The molecule has 1 aromatic carbocycles. The topological polar surface area (TPSA) is 73.2 Å². The Balaban J connectivity index is 1.84. The molecule has 1 amide bonds. The van der Waals surface area contributed by atoms with Crippen molar-refractivity contribution in [3.63, 3.8) is 0 Å². The molecule has 0 saturated carbocycles. The normalized spacial score (nSPS) is 17.5. The predicted octanol–water partition coefficient (Wildman–Crippen LogP) is 3.55. The lowest BCUT2D eigenvalue weighted by atomic mass is 10.2. The van der Waals surface area contributed by atoms with E-state index in [4.69, 9.17) is 4.74 Å². The quantitative estimate of drug-likeness (QED) is 0.624. The second kappa shape index (κ2) is 6.84. The molecule has 1 fully saturated rings. The summed E-state index contributed by atoms with van der Waals surface area (Å²) in [6.45, 7) is 0. The number of rotatable bonds is 3. The Hall–Kier alpha value is -3.05. The number of carbonyl (C=O) groups is 2. The number of nitrogens with one attached hydrogen (secondary N) is 1. The van der Waals surface area contributed by atoms with Crippen LogP contribution in [0.2, 0.25) is 0 Å². The molecule has 2 aromatic rings. The van der Waals surface area contributed by atoms with Gasteiger partial charge in [-0.15, -0.1) is 0 Å². The fourth-order valence-electron chi connectivity index (χ4n) is 2.54. The minimum absolute atomic E-state index is 0.0792. The zero-order chi connectivity index (χ0) is 20.7. The zero-order valence-electron chi connectivity index (χ0n) is 13.8. The van der Waals surface area contributed by atoms with Gasteiger partial charge in [-0.3, -0.25) is 9.59 Å². The van der Waals surface area contributed by atoms with E-state index in [-0.39, 0.29) is 35.0 Å². The molecule has 0 spiro atoms. The molecule has 1 N–H and O–H groups in total. The monoisotopic (exact) mass is 407 g/mol. The van der Waals surface area contributed by atoms with Crippen LogP contribution >= 0.6 is 0 Å². The Labute approximate surface area is 153 Å². The lowest BCUT2D eigenvalue weighted by Crippen LogP contribution is -2.27. The molecule has 12 heteroatoms. The number of benzene rings is 1. The zero-order valence-corrected chi connectivity index (χ0v) is 13.8. The summed E-state index contributed by atoms with van der Waals surface area (Å²) in [6, 6.07) is 4.44. The smallest absolute Gasteiger partial charge is 0.435 e. The lowest BCUT2D eigenvalue weighted by molar-refractivity contribution is -0.146. The average Bonchev–Trinajstić information content (AvgIpc) is 3.21. The van der Waals surface area contributed by atoms with Crippen molar-refractivity contribution >= 4 is 17.6 Å². The maximum absolute atomic E-state index is 13.1.